The molecule has 1 amide bonds. The SMILES string of the molecule is COc1ccc(N)cc1S(=O)(=O)NCC(=O)NC(C)C. The quantitative estimate of drug-likeness (QED) is 0.644. The number of ether oxygens (including phenoxy) is 1. The van der Waals surface area contributed by atoms with E-state index in [4.69, 9.17) is 10.5 Å². The molecule has 112 valence electrons. The molecule has 0 radical (unpaired) electrons. The number of carbonyl (C=O) groups is 1. The minimum absolute atomic E-state index is 0.0612. The van der Waals surface area contributed by atoms with E-state index in [0.717, 1.165) is 0 Å². The highest BCUT2D eigenvalue weighted by Gasteiger charge is 2.20. The Kier molecular flexibility index (Phi) is 5.34. The highest BCUT2D eigenvalue weighted by Crippen LogP contribution is 2.25. The number of hydrogen-bond acceptors (Lipinski definition) is 5. The summed E-state index contributed by atoms with van der Waals surface area (Å²) in [5, 5.41) is 2.58. The molecule has 20 heavy (non-hydrogen) atoms. The number of amides is 1. The van der Waals surface area contributed by atoms with Crippen LogP contribution in [0.2, 0.25) is 0 Å². The van der Waals surface area contributed by atoms with Crippen LogP contribution in [0.5, 0.6) is 5.75 Å². The Bertz CT molecular complexity index is 584. The minimum atomic E-state index is -3.87. The molecule has 0 bridgehead atoms. The number of carbonyl (C=O) groups excluding carboxylic acids is 1. The Morgan fingerprint density at radius 2 is 2.05 bits per heavy atom. The van der Waals surface area contributed by atoms with E-state index >= 15 is 0 Å². The number of rotatable bonds is 6. The highest BCUT2D eigenvalue weighted by molar-refractivity contribution is 7.89. The molecule has 0 aliphatic heterocycles. The fourth-order valence-electron chi connectivity index (χ4n) is 1.51. The van der Waals surface area contributed by atoms with Gasteiger partial charge in [0.25, 0.3) is 0 Å². The van der Waals surface area contributed by atoms with Gasteiger partial charge in [0.2, 0.25) is 15.9 Å². The van der Waals surface area contributed by atoms with Gasteiger partial charge >= 0.3 is 0 Å². The van der Waals surface area contributed by atoms with Gasteiger partial charge in [0.15, 0.2) is 0 Å². The summed E-state index contributed by atoms with van der Waals surface area (Å²) in [5.74, 6) is -0.248. The van der Waals surface area contributed by atoms with Crippen LogP contribution in [0.15, 0.2) is 23.1 Å². The number of methoxy groups -OCH3 is 1. The van der Waals surface area contributed by atoms with Crippen molar-refractivity contribution in [3.8, 4) is 5.75 Å². The normalized spacial score (nSPS) is 11.4. The van der Waals surface area contributed by atoms with Gasteiger partial charge in [0, 0.05) is 11.7 Å². The average molecular weight is 301 g/mol. The Morgan fingerprint density at radius 3 is 2.60 bits per heavy atom. The summed E-state index contributed by atoms with van der Waals surface area (Å²) >= 11 is 0. The fraction of sp³-hybridized carbons (Fsp3) is 0.417. The molecule has 0 heterocycles. The van der Waals surface area contributed by atoms with Crippen LogP contribution in [0.1, 0.15) is 13.8 Å². The number of benzene rings is 1. The van der Waals surface area contributed by atoms with Gasteiger partial charge in [-0.3, -0.25) is 4.79 Å². The zero-order valence-corrected chi connectivity index (χ0v) is 12.5. The second kappa shape index (κ2) is 6.58. The maximum atomic E-state index is 12.1. The second-order valence-electron chi connectivity index (χ2n) is 4.46. The summed E-state index contributed by atoms with van der Waals surface area (Å²) in [7, 11) is -2.52. The third-order valence-corrected chi connectivity index (χ3v) is 3.77. The lowest BCUT2D eigenvalue weighted by atomic mass is 10.3. The molecule has 4 N–H and O–H groups in total. The zero-order valence-electron chi connectivity index (χ0n) is 11.6. The van der Waals surface area contributed by atoms with Gasteiger partial charge in [-0.15, -0.1) is 0 Å². The minimum Gasteiger partial charge on any atom is -0.495 e. The lowest BCUT2D eigenvalue weighted by Crippen LogP contribution is -2.39. The van der Waals surface area contributed by atoms with E-state index in [2.05, 4.69) is 10.0 Å². The summed E-state index contributed by atoms with van der Waals surface area (Å²) in [4.78, 5) is 11.4. The van der Waals surface area contributed by atoms with E-state index in [1.807, 2.05) is 0 Å². The maximum Gasteiger partial charge on any atom is 0.244 e. The summed E-state index contributed by atoms with van der Waals surface area (Å²) in [5.41, 5.74) is 5.86. The number of anilines is 1. The molecule has 0 aromatic heterocycles. The van der Waals surface area contributed by atoms with Crippen molar-refractivity contribution in [3.63, 3.8) is 0 Å². The van der Waals surface area contributed by atoms with Crippen LogP contribution in [0.25, 0.3) is 0 Å². The second-order valence-corrected chi connectivity index (χ2v) is 6.19. The van der Waals surface area contributed by atoms with Crippen LogP contribution in [0.3, 0.4) is 0 Å². The molecule has 0 saturated heterocycles. The van der Waals surface area contributed by atoms with E-state index in [-0.39, 0.29) is 28.9 Å². The summed E-state index contributed by atoms with van der Waals surface area (Å²) in [6.45, 7) is 3.22. The van der Waals surface area contributed by atoms with Crippen molar-refractivity contribution >= 4 is 21.6 Å². The monoisotopic (exact) mass is 301 g/mol. The molecule has 0 saturated carbocycles. The molecule has 1 aromatic rings. The lowest BCUT2D eigenvalue weighted by molar-refractivity contribution is -0.120. The van der Waals surface area contributed by atoms with E-state index in [1.54, 1.807) is 13.8 Å². The predicted octanol–water partition coefficient (Wildman–Crippen LogP) is 0.0803. The van der Waals surface area contributed by atoms with Gasteiger partial charge in [-0.1, -0.05) is 0 Å². The van der Waals surface area contributed by atoms with Crippen molar-refractivity contribution in [2.45, 2.75) is 24.8 Å². The van der Waals surface area contributed by atoms with Crippen molar-refractivity contribution in [3.05, 3.63) is 18.2 Å². The van der Waals surface area contributed by atoms with Crippen LogP contribution >= 0.6 is 0 Å². The first kappa shape index (κ1) is 16.3. The number of nitrogen functional groups attached to an aromatic ring is 1. The molecule has 8 heteroatoms. The predicted molar refractivity (Wildman–Crippen MR) is 75.9 cm³/mol. The van der Waals surface area contributed by atoms with Crippen LogP contribution in [0.4, 0.5) is 5.69 Å². The molecule has 0 fully saturated rings. The van der Waals surface area contributed by atoms with E-state index in [1.165, 1.54) is 25.3 Å². The fourth-order valence-corrected chi connectivity index (χ4v) is 2.70. The maximum absolute atomic E-state index is 12.1. The summed E-state index contributed by atoms with van der Waals surface area (Å²) in [6, 6.07) is 4.21. The summed E-state index contributed by atoms with van der Waals surface area (Å²) in [6.07, 6.45) is 0. The highest BCUT2D eigenvalue weighted by atomic mass is 32.2. The molecule has 0 aliphatic carbocycles. The third kappa shape index (κ3) is 4.39. The molecule has 7 nitrogen and oxygen atoms in total. The number of sulfonamides is 1. The van der Waals surface area contributed by atoms with Gasteiger partial charge in [-0.25, -0.2) is 13.1 Å². The Morgan fingerprint density at radius 1 is 1.40 bits per heavy atom. The number of nitrogens with one attached hydrogen (secondary N) is 2. The lowest BCUT2D eigenvalue weighted by Gasteiger charge is -2.12. The van der Waals surface area contributed by atoms with Crippen LogP contribution in [-0.4, -0.2) is 34.0 Å². The third-order valence-electron chi connectivity index (χ3n) is 2.35. The molecule has 0 aliphatic rings. The van der Waals surface area contributed by atoms with E-state index in [0.29, 0.717) is 0 Å². The number of nitrogens with two attached hydrogens (primary N) is 1. The standard InChI is InChI=1S/C12H19N3O4S/c1-8(2)15-12(16)7-14-20(17,18)11-6-9(13)4-5-10(11)19-3/h4-6,8,14H,7,13H2,1-3H3,(H,15,16). The van der Waals surface area contributed by atoms with Crippen molar-refractivity contribution in [1.82, 2.24) is 10.0 Å². The largest absolute Gasteiger partial charge is 0.495 e. The average Bonchev–Trinajstić information content (AvgIpc) is 2.36. The van der Waals surface area contributed by atoms with Gasteiger partial charge in [0.1, 0.15) is 10.6 Å². The molecule has 0 unspecified atom stereocenters. The van der Waals surface area contributed by atoms with Crippen molar-refractivity contribution in [1.29, 1.82) is 0 Å². The van der Waals surface area contributed by atoms with Gasteiger partial charge in [-0.2, -0.15) is 0 Å². The number of hydrogen-bond donors (Lipinski definition) is 3. The Hall–Kier alpha value is -1.80. The van der Waals surface area contributed by atoms with Crippen LogP contribution in [0, 0.1) is 0 Å². The Labute approximate surface area is 118 Å². The first-order chi connectivity index (χ1) is 9.26. The zero-order chi connectivity index (χ0) is 15.3. The molecule has 1 aromatic carbocycles. The topological polar surface area (TPSA) is 111 Å². The molecule has 0 atom stereocenters. The molecule has 1 rings (SSSR count). The first-order valence-electron chi connectivity index (χ1n) is 5.99. The molecular weight excluding hydrogens is 282 g/mol. The molecular formula is C12H19N3O4S. The van der Waals surface area contributed by atoms with Gasteiger partial charge < -0.3 is 15.8 Å². The van der Waals surface area contributed by atoms with E-state index < -0.39 is 15.9 Å². The summed E-state index contributed by atoms with van der Waals surface area (Å²) < 4.78 is 31.4. The van der Waals surface area contributed by atoms with Crippen molar-refractivity contribution in [2.75, 3.05) is 19.4 Å². The van der Waals surface area contributed by atoms with Crippen molar-refractivity contribution in [2.24, 2.45) is 0 Å². The first-order valence-corrected chi connectivity index (χ1v) is 7.47. The Balaban J connectivity index is 2.89. The van der Waals surface area contributed by atoms with Gasteiger partial charge in [-0.05, 0) is 32.0 Å². The van der Waals surface area contributed by atoms with E-state index in [9.17, 15) is 13.2 Å². The van der Waals surface area contributed by atoms with Crippen LogP contribution < -0.4 is 20.5 Å². The van der Waals surface area contributed by atoms with Crippen LogP contribution in [-0.2, 0) is 14.8 Å². The van der Waals surface area contributed by atoms with Gasteiger partial charge in [0.05, 0.1) is 13.7 Å². The molecule has 0 spiro atoms. The van der Waals surface area contributed by atoms with Crippen molar-refractivity contribution < 1.29 is 17.9 Å². The smallest absolute Gasteiger partial charge is 0.244 e.